The van der Waals surface area contributed by atoms with E-state index >= 15 is 0 Å². The van der Waals surface area contributed by atoms with Gasteiger partial charge in [-0.1, -0.05) is 35.9 Å². The lowest BCUT2D eigenvalue weighted by Gasteiger charge is -2.07. The molecule has 4 nitrogen and oxygen atoms in total. The van der Waals surface area contributed by atoms with Crippen LogP contribution in [-0.2, 0) is 31.2 Å². The Hall–Kier alpha value is -1.65. The lowest BCUT2D eigenvalue weighted by atomic mass is 9.99. The normalized spacial score (nSPS) is 10.8. The Morgan fingerprint density at radius 3 is 2.50 bits per heavy atom. The van der Waals surface area contributed by atoms with Crippen molar-refractivity contribution in [2.75, 3.05) is 0 Å². The fourth-order valence-corrected chi connectivity index (χ4v) is 2.52. The van der Waals surface area contributed by atoms with Gasteiger partial charge in [0.15, 0.2) is 0 Å². The van der Waals surface area contributed by atoms with Crippen molar-refractivity contribution in [1.82, 2.24) is 9.78 Å². The van der Waals surface area contributed by atoms with E-state index in [1.807, 2.05) is 31.2 Å². The first kappa shape index (κ1) is 14.8. The fourth-order valence-electron chi connectivity index (χ4n) is 2.28. The molecule has 0 aliphatic rings. The highest BCUT2D eigenvalue weighted by molar-refractivity contribution is 6.30. The van der Waals surface area contributed by atoms with Crippen LogP contribution in [0.15, 0.2) is 24.3 Å². The standard InChI is InChI=1S/C15H18ClN3O/c1-10-14(15(16)19(2)18-10)8-13(20)7-11-5-3-4-6-12(11)9-17/h3-6H,7-9,17H2,1-2H3. The molecule has 0 unspecified atom stereocenters. The van der Waals surface area contributed by atoms with Crippen LogP contribution in [0, 0.1) is 6.92 Å². The maximum atomic E-state index is 12.2. The number of nitrogens with two attached hydrogens (primary N) is 1. The average Bonchev–Trinajstić information content (AvgIpc) is 2.66. The minimum Gasteiger partial charge on any atom is -0.326 e. The van der Waals surface area contributed by atoms with E-state index in [2.05, 4.69) is 5.10 Å². The first-order valence-electron chi connectivity index (χ1n) is 6.49. The number of carbonyl (C=O) groups excluding carboxylic acids is 1. The Kier molecular flexibility index (Phi) is 4.57. The fraction of sp³-hybridized carbons (Fsp3) is 0.333. The van der Waals surface area contributed by atoms with Crippen LogP contribution in [0.4, 0.5) is 0 Å². The Labute approximate surface area is 123 Å². The molecular formula is C15H18ClN3O. The highest BCUT2D eigenvalue weighted by Crippen LogP contribution is 2.20. The first-order chi connectivity index (χ1) is 9.52. The van der Waals surface area contributed by atoms with Crippen LogP contribution in [-0.4, -0.2) is 15.6 Å². The van der Waals surface area contributed by atoms with Gasteiger partial charge in [-0.15, -0.1) is 0 Å². The molecule has 0 atom stereocenters. The van der Waals surface area contributed by atoms with Gasteiger partial charge in [-0.25, -0.2) is 0 Å². The lowest BCUT2D eigenvalue weighted by molar-refractivity contribution is -0.117. The van der Waals surface area contributed by atoms with Crippen LogP contribution in [0.5, 0.6) is 0 Å². The number of hydrogen-bond acceptors (Lipinski definition) is 3. The largest absolute Gasteiger partial charge is 0.326 e. The van der Waals surface area contributed by atoms with Crippen molar-refractivity contribution in [1.29, 1.82) is 0 Å². The van der Waals surface area contributed by atoms with Crippen LogP contribution < -0.4 is 5.73 Å². The van der Waals surface area contributed by atoms with Crippen molar-refractivity contribution in [2.45, 2.75) is 26.3 Å². The van der Waals surface area contributed by atoms with E-state index < -0.39 is 0 Å². The van der Waals surface area contributed by atoms with Crippen molar-refractivity contribution in [3.8, 4) is 0 Å². The second-order valence-corrected chi connectivity index (χ2v) is 5.20. The summed E-state index contributed by atoms with van der Waals surface area (Å²) >= 11 is 6.15. The topological polar surface area (TPSA) is 60.9 Å². The Morgan fingerprint density at radius 2 is 1.95 bits per heavy atom. The van der Waals surface area contributed by atoms with Crippen LogP contribution in [0.1, 0.15) is 22.4 Å². The number of benzene rings is 1. The third-order valence-corrected chi connectivity index (χ3v) is 3.84. The maximum Gasteiger partial charge on any atom is 0.141 e. The zero-order chi connectivity index (χ0) is 14.7. The van der Waals surface area contributed by atoms with Gasteiger partial charge in [0, 0.05) is 32.0 Å². The molecule has 2 aromatic rings. The van der Waals surface area contributed by atoms with E-state index in [-0.39, 0.29) is 5.78 Å². The van der Waals surface area contributed by atoms with Crippen LogP contribution >= 0.6 is 11.6 Å². The van der Waals surface area contributed by atoms with E-state index in [4.69, 9.17) is 17.3 Å². The van der Waals surface area contributed by atoms with E-state index in [1.54, 1.807) is 11.7 Å². The summed E-state index contributed by atoms with van der Waals surface area (Å²) in [7, 11) is 1.77. The molecule has 0 aliphatic heterocycles. The minimum absolute atomic E-state index is 0.115. The molecule has 2 N–H and O–H groups in total. The molecule has 0 saturated carbocycles. The van der Waals surface area contributed by atoms with E-state index in [9.17, 15) is 4.79 Å². The second-order valence-electron chi connectivity index (χ2n) is 4.84. The average molecular weight is 292 g/mol. The van der Waals surface area contributed by atoms with Gasteiger partial charge < -0.3 is 5.73 Å². The zero-order valence-corrected chi connectivity index (χ0v) is 12.4. The van der Waals surface area contributed by atoms with Crippen molar-refractivity contribution in [2.24, 2.45) is 12.8 Å². The first-order valence-corrected chi connectivity index (χ1v) is 6.87. The number of ketones is 1. The predicted molar refractivity (Wildman–Crippen MR) is 79.7 cm³/mol. The quantitative estimate of drug-likeness (QED) is 0.918. The molecule has 0 bridgehead atoms. The van der Waals surface area contributed by atoms with Crippen molar-refractivity contribution in [3.05, 3.63) is 51.8 Å². The number of aryl methyl sites for hydroxylation is 2. The molecule has 0 radical (unpaired) electrons. The number of carbonyl (C=O) groups is 1. The van der Waals surface area contributed by atoms with Gasteiger partial charge in [-0.3, -0.25) is 9.48 Å². The summed E-state index contributed by atoms with van der Waals surface area (Å²) in [6.07, 6.45) is 0.676. The summed E-state index contributed by atoms with van der Waals surface area (Å²) in [5.41, 5.74) is 9.29. The summed E-state index contributed by atoms with van der Waals surface area (Å²) in [5.74, 6) is 0.115. The summed E-state index contributed by atoms with van der Waals surface area (Å²) in [6.45, 7) is 2.30. The second kappa shape index (κ2) is 6.20. The lowest BCUT2D eigenvalue weighted by Crippen LogP contribution is -2.10. The highest BCUT2D eigenvalue weighted by Gasteiger charge is 2.15. The molecule has 20 heavy (non-hydrogen) atoms. The van der Waals surface area contributed by atoms with Gasteiger partial charge in [0.05, 0.1) is 5.69 Å². The summed E-state index contributed by atoms with van der Waals surface area (Å²) < 4.78 is 1.59. The van der Waals surface area contributed by atoms with E-state index in [1.165, 1.54) is 0 Å². The molecule has 5 heteroatoms. The number of aromatic nitrogens is 2. The smallest absolute Gasteiger partial charge is 0.141 e. The maximum absolute atomic E-state index is 12.2. The molecule has 0 spiro atoms. The van der Waals surface area contributed by atoms with Crippen molar-refractivity contribution in [3.63, 3.8) is 0 Å². The monoisotopic (exact) mass is 291 g/mol. The Balaban J connectivity index is 2.13. The van der Waals surface area contributed by atoms with Gasteiger partial charge >= 0.3 is 0 Å². The van der Waals surface area contributed by atoms with Crippen LogP contribution in [0.2, 0.25) is 5.15 Å². The third-order valence-electron chi connectivity index (χ3n) is 3.37. The molecule has 2 rings (SSSR count). The molecule has 106 valence electrons. The molecular weight excluding hydrogens is 274 g/mol. The van der Waals surface area contributed by atoms with Gasteiger partial charge in [0.2, 0.25) is 0 Å². The summed E-state index contributed by atoms with van der Waals surface area (Å²) in [4.78, 5) is 12.2. The predicted octanol–water partition coefficient (Wildman–Crippen LogP) is 2.19. The summed E-state index contributed by atoms with van der Waals surface area (Å²) in [5, 5.41) is 4.75. The molecule has 0 amide bonds. The number of Topliss-reactive ketones (excluding diaryl/α,β-unsaturated/α-hetero) is 1. The number of hydrogen-bond donors (Lipinski definition) is 1. The molecule has 1 aromatic carbocycles. The van der Waals surface area contributed by atoms with Gasteiger partial charge in [0.1, 0.15) is 10.9 Å². The van der Waals surface area contributed by atoms with Gasteiger partial charge in [-0.05, 0) is 18.1 Å². The Morgan fingerprint density at radius 1 is 1.30 bits per heavy atom. The van der Waals surface area contributed by atoms with E-state index in [0.717, 1.165) is 22.4 Å². The Bertz CT molecular complexity index is 634. The van der Waals surface area contributed by atoms with Crippen molar-refractivity contribution < 1.29 is 4.79 Å². The highest BCUT2D eigenvalue weighted by atomic mass is 35.5. The molecule has 0 saturated heterocycles. The molecule has 0 fully saturated rings. The molecule has 1 heterocycles. The SMILES string of the molecule is Cc1nn(C)c(Cl)c1CC(=O)Cc1ccccc1CN. The number of halogens is 1. The number of rotatable bonds is 5. The minimum atomic E-state index is 0.115. The van der Waals surface area contributed by atoms with Gasteiger partial charge in [0.25, 0.3) is 0 Å². The van der Waals surface area contributed by atoms with E-state index in [0.29, 0.717) is 24.5 Å². The van der Waals surface area contributed by atoms with Gasteiger partial charge in [-0.2, -0.15) is 5.10 Å². The number of nitrogens with zero attached hydrogens (tertiary/aromatic N) is 2. The van der Waals surface area contributed by atoms with Crippen molar-refractivity contribution >= 4 is 17.4 Å². The van der Waals surface area contributed by atoms with Crippen LogP contribution in [0.25, 0.3) is 0 Å². The third kappa shape index (κ3) is 3.08. The zero-order valence-electron chi connectivity index (χ0n) is 11.7. The molecule has 0 aliphatic carbocycles. The summed E-state index contributed by atoms with van der Waals surface area (Å²) in [6, 6.07) is 7.74. The van der Waals surface area contributed by atoms with Crippen LogP contribution in [0.3, 0.4) is 0 Å². The molecule has 1 aromatic heterocycles.